The van der Waals surface area contributed by atoms with E-state index in [2.05, 4.69) is 35.1 Å². The molecule has 0 bridgehead atoms. The fraction of sp³-hybridized carbons (Fsp3) is 0.250. The first-order valence-electron chi connectivity index (χ1n) is 10.1. The fourth-order valence-corrected chi connectivity index (χ4v) is 4.14. The molecule has 4 rings (SSSR count). The molecule has 0 aliphatic heterocycles. The van der Waals surface area contributed by atoms with Crippen LogP contribution in [0.3, 0.4) is 0 Å². The number of aryl methyl sites for hydroxylation is 3. The summed E-state index contributed by atoms with van der Waals surface area (Å²) in [5.74, 6) is 0.590. The second-order valence-corrected chi connectivity index (χ2v) is 8.50. The minimum Gasteiger partial charge on any atom is -0.439 e. The van der Waals surface area contributed by atoms with E-state index in [0.29, 0.717) is 57.7 Å². The van der Waals surface area contributed by atoms with Crippen molar-refractivity contribution in [3.8, 4) is 0 Å². The molecule has 1 N–H and O–H groups in total. The van der Waals surface area contributed by atoms with Crippen LogP contribution in [0.1, 0.15) is 35.2 Å². The first kappa shape index (κ1) is 22.0. The molecular formula is C24H22Cl2N2O2S. The molecule has 0 saturated carbocycles. The van der Waals surface area contributed by atoms with Crippen molar-refractivity contribution in [2.24, 2.45) is 0 Å². The molecule has 160 valence electrons. The second kappa shape index (κ2) is 9.96. The lowest BCUT2D eigenvalue weighted by atomic mass is 10.1. The summed E-state index contributed by atoms with van der Waals surface area (Å²) in [6.45, 7) is 3.18. The molecule has 0 radical (unpaired) electrons. The van der Waals surface area contributed by atoms with Gasteiger partial charge < -0.3 is 14.1 Å². The molecule has 0 fully saturated rings. The second-order valence-electron chi connectivity index (χ2n) is 7.27. The van der Waals surface area contributed by atoms with Crippen molar-refractivity contribution in [1.82, 2.24) is 9.97 Å². The fourth-order valence-electron chi connectivity index (χ4n) is 3.47. The number of fused-ring (bicyclic) bond motifs is 1. The van der Waals surface area contributed by atoms with Crippen LogP contribution in [-0.4, -0.2) is 9.97 Å². The largest absolute Gasteiger partial charge is 0.439 e. The molecular weight excluding hydrogens is 451 g/mol. The standard InChI is InChI=1S/C24H22Cl2N2O2S/c1-2-16-12-17(8-11-21-28-22-18(25)9-10-19(26)23(22)30-21)24(31)27-20(16)14-29-13-15-6-4-3-5-7-15/h3-7,9-10,12H,2,8,11,13-14H2,1H3,(H,27,31). The van der Waals surface area contributed by atoms with Crippen molar-refractivity contribution >= 4 is 46.5 Å². The number of hydrogen-bond donors (Lipinski definition) is 1. The molecule has 2 aromatic heterocycles. The summed E-state index contributed by atoms with van der Waals surface area (Å²) in [6.07, 6.45) is 2.19. The number of halogens is 2. The molecule has 4 aromatic rings. The molecule has 0 aliphatic carbocycles. The molecule has 0 atom stereocenters. The van der Waals surface area contributed by atoms with E-state index < -0.39 is 0 Å². The monoisotopic (exact) mass is 472 g/mol. The van der Waals surface area contributed by atoms with Gasteiger partial charge in [0.15, 0.2) is 11.5 Å². The van der Waals surface area contributed by atoms with Gasteiger partial charge in [-0.05, 0) is 41.7 Å². The average molecular weight is 473 g/mol. The van der Waals surface area contributed by atoms with E-state index in [0.717, 1.165) is 23.2 Å². The van der Waals surface area contributed by atoms with Gasteiger partial charge in [-0.15, -0.1) is 0 Å². The number of aromatic amines is 1. The van der Waals surface area contributed by atoms with Gasteiger partial charge in [-0.1, -0.05) is 78.7 Å². The third-order valence-electron chi connectivity index (χ3n) is 5.13. The number of pyridine rings is 1. The summed E-state index contributed by atoms with van der Waals surface area (Å²) in [7, 11) is 0. The summed E-state index contributed by atoms with van der Waals surface area (Å²) in [6, 6.07) is 15.7. The Kier molecular flexibility index (Phi) is 7.08. The molecule has 0 spiro atoms. The van der Waals surface area contributed by atoms with Crippen LogP contribution in [0.5, 0.6) is 0 Å². The van der Waals surface area contributed by atoms with Crippen molar-refractivity contribution in [3.63, 3.8) is 0 Å². The number of benzene rings is 2. The predicted molar refractivity (Wildman–Crippen MR) is 127 cm³/mol. The third-order valence-corrected chi connectivity index (χ3v) is 6.10. The van der Waals surface area contributed by atoms with Crippen molar-refractivity contribution in [2.45, 2.75) is 39.4 Å². The zero-order valence-corrected chi connectivity index (χ0v) is 19.4. The van der Waals surface area contributed by atoms with Gasteiger partial charge in [-0.25, -0.2) is 4.98 Å². The van der Waals surface area contributed by atoms with Crippen molar-refractivity contribution in [3.05, 3.63) is 91.5 Å². The highest BCUT2D eigenvalue weighted by molar-refractivity contribution is 7.71. The minimum absolute atomic E-state index is 0.490. The van der Waals surface area contributed by atoms with Gasteiger partial charge in [0.05, 0.1) is 23.3 Å². The van der Waals surface area contributed by atoms with E-state index in [-0.39, 0.29) is 0 Å². The van der Waals surface area contributed by atoms with Crippen molar-refractivity contribution < 1.29 is 9.15 Å². The highest BCUT2D eigenvalue weighted by Gasteiger charge is 2.13. The number of rotatable bonds is 8. The number of nitrogens with zero attached hydrogens (tertiary/aromatic N) is 1. The van der Waals surface area contributed by atoms with Gasteiger partial charge in [0.1, 0.15) is 10.2 Å². The first-order valence-corrected chi connectivity index (χ1v) is 11.3. The van der Waals surface area contributed by atoms with Crippen LogP contribution in [0.4, 0.5) is 0 Å². The van der Waals surface area contributed by atoms with Crippen molar-refractivity contribution in [2.75, 3.05) is 0 Å². The Bertz CT molecular complexity index is 1210. The molecule has 0 unspecified atom stereocenters. The van der Waals surface area contributed by atoms with Crippen LogP contribution in [0.25, 0.3) is 11.1 Å². The predicted octanol–water partition coefficient (Wildman–Crippen LogP) is 7.26. The van der Waals surface area contributed by atoms with E-state index in [1.165, 1.54) is 5.56 Å². The number of ether oxygens (including phenoxy) is 1. The smallest absolute Gasteiger partial charge is 0.195 e. The maximum absolute atomic E-state index is 6.21. The molecule has 31 heavy (non-hydrogen) atoms. The normalized spacial score (nSPS) is 11.3. The van der Waals surface area contributed by atoms with Crippen molar-refractivity contribution in [1.29, 1.82) is 0 Å². The summed E-state index contributed by atoms with van der Waals surface area (Å²) >= 11 is 18.0. The Morgan fingerprint density at radius 3 is 2.52 bits per heavy atom. The lowest BCUT2D eigenvalue weighted by Crippen LogP contribution is -2.04. The van der Waals surface area contributed by atoms with Crippen LogP contribution in [0.2, 0.25) is 10.0 Å². The van der Waals surface area contributed by atoms with E-state index in [1.807, 2.05) is 18.2 Å². The summed E-state index contributed by atoms with van der Waals surface area (Å²) in [5, 5.41) is 1.03. The molecule has 2 heterocycles. The van der Waals surface area contributed by atoms with Crippen LogP contribution in [0.15, 0.2) is 52.9 Å². The van der Waals surface area contributed by atoms with E-state index in [9.17, 15) is 0 Å². The van der Waals surface area contributed by atoms with E-state index in [4.69, 9.17) is 44.6 Å². The summed E-state index contributed by atoms with van der Waals surface area (Å²) in [5.41, 5.74) is 5.53. The van der Waals surface area contributed by atoms with Gasteiger partial charge in [-0.2, -0.15) is 0 Å². The molecule has 0 amide bonds. The average Bonchev–Trinajstić information content (AvgIpc) is 3.22. The molecule has 4 nitrogen and oxygen atoms in total. The summed E-state index contributed by atoms with van der Waals surface area (Å²) < 4.78 is 12.4. The van der Waals surface area contributed by atoms with Crippen LogP contribution in [-0.2, 0) is 37.2 Å². The number of oxazole rings is 1. The van der Waals surface area contributed by atoms with Crippen LogP contribution < -0.4 is 0 Å². The van der Waals surface area contributed by atoms with E-state index in [1.54, 1.807) is 12.1 Å². The SMILES string of the molecule is CCc1cc(CCc2nc3c(Cl)ccc(Cl)c3o2)c(=S)[nH]c1COCc1ccccc1. The topological polar surface area (TPSA) is 51.0 Å². The number of aromatic nitrogens is 2. The molecule has 2 aromatic carbocycles. The highest BCUT2D eigenvalue weighted by atomic mass is 35.5. The number of hydrogen-bond acceptors (Lipinski definition) is 4. The zero-order chi connectivity index (χ0) is 21.8. The maximum atomic E-state index is 6.21. The lowest BCUT2D eigenvalue weighted by Gasteiger charge is -2.12. The maximum Gasteiger partial charge on any atom is 0.195 e. The summed E-state index contributed by atoms with van der Waals surface area (Å²) in [4.78, 5) is 7.86. The van der Waals surface area contributed by atoms with Gasteiger partial charge in [0.25, 0.3) is 0 Å². The zero-order valence-electron chi connectivity index (χ0n) is 17.1. The lowest BCUT2D eigenvalue weighted by molar-refractivity contribution is 0.104. The first-order chi connectivity index (χ1) is 15.0. The van der Waals surface area contributed by atoms with E-state index >= 15 is 0 Å². The third kappa shape index (κ3) is 5.18. The minimum atomic E-state index is 0.490. The van der Waals surface area contributed by atoms with Gasteiger partial charge in [-0.3, -0.25) is 0 Å². The van der Waals surface area contributed by atoms with Crippen LogP contribution in [0, 0.1) is 4.64 Å². The van der Waals surface area contributed by atoms with Gasteiger partial charge in [0.2, 0.25) is 0 Å². The Morgan fingerprint density at radius 1 is 1.00 bits per heavy atom. The molecule has 0 saturated heterocycles. The van der Waals surface area contributed by atoms with Crippen LogP contribution >= 0.6 is 35.4 Å². The number of nitrogens with one attached hydrogen (secondary N) is 1. The highest BCUT2D eigenvalue weighted by Crippen LogP contribution is 2.30. The number of H-pyrrole nitrogens is 1. The van der Waals surface area contributed by atoms with Gasteiger partial charge >= 0.3 is 0 Å². The Morgan fingerprint density at radius 2 is 1.77 bits per heavy atom. The molecule has 7 heteroatoms. The van der Waals surface area contributed by atoms with Gasteiger partial charge in [0, 0.05) is 12.1 Å². The molecule has 0 aliphatic rings. The Hall–Kier alpha value is -2.18. The quantitative estimate of drug-likeness (QED) is 0.274. The Balaban J connectivity index is 1.46. The Labute approximate surface area is 196 Å².